The first kappa shape index (κ1) is 23.8. The van der Waals surface area contributed by atoms with Crippen molar-refractivity contribution >= 4 is 35.1 Å². The van der Waals surface area contributed by atoms with Crippen LogP contribution < -0.4 is 16.0 Å². The summed E-state index contributed by atoms with van der Waals surface area (Å²) < 4.78 is 4.96. The highest BCUT2D eigenvalue weighted by Crippen LogP contribution is 2.40. The second kappa shape index (κ2) is 10.7. The Labute approximate surface area is 206 Å². The first-order valence-corrected chi connectivity index (χ1v) is 11.7. The van der Waals surface area contributed by atoms with Crippen LogP contribution >= 0.6 is 11.8 Å². The quantitative estimate of drug-likeness (QED) is 0.455. The molecule has 1 aliphatic rings. The van der Waals surface area contributed by atoms with E-state index in [4.69, 9.17) is 4.52 Å². The number of dihydropyridines is 1. The van der Waals surface area contributed by atoms with E-state index >= 15 is 0 Å². The molecule has 9 nitrogen and oxygen atoms in total. The lowest BCUT2D eigenvalue weighted by Gasteiger charge is -2.29. The number of benzene rings is 1. The summed E-state index contributed by atoms with van der Waals surface area (Å²) in [4.78, 5) is 30.0. The number of hydrogen-bond acceptors (Lipinski definition) is 8. The van der Waals surface area contributed by atoms with Crippen molar-refractivity contribution in [1.82, 2.24) is 15.5 Å². The van der Waals surface area contributed by atoms with Gasteiger partial charge in [0.2, 0.25) is 5.91 Å². The van der Waals surface area contributed by atoms with Gasteiger partial charge in [-0.05, 0) is 37.6 Å². The van der Waals surface area contributed by atoms with Crippen molar-refractivity contribution in [3.05, 3.63) is 94.1 Å². The Morgan fingerprint density at radius 2 is 1.97 bits per heavy atom. The molecule has 1 aliphatic heterocycles. The molecule has 10 heteroatoms. The van der Waals surface area contributed by atoms with E-state index in [-0.39, 0.29) is 17.6 Å². The molecule has 35 heavy (non-hydrogen) atoms. The number of nitrogens with one attached hydrogen (secondary N) is 3. The number of aromatic nitrogens is 2. The number of anilines is 2. The second-order valence-corrected chi connectivity index (χ2v) is 8.70. The molecule has 4 rings (SSSR count). The summed E-state index contributed by atoms with van der Waals surface area (Å²) in [7, 11) is 0. The summed E-state index contributed by atoms with van der Waals surface area (Å²) in [5.74, 6) is -0.352. The Balaban J connectivity index is 1.61. The number of rotatable bonds is 7. The second-order valence-electron chi connectivity index (χ2n) is 7.72. The van der Waals surface area contributed by atoms with Crippen LogP contribution in [-0.4, -0.2) is 27.7 Å². The zero-order valence-electron chi connectivity index (χ0n) is 19.0. The summed E-state index contributed by atoms with van der Waals surface area (Å²) in [6, 6.07) is 16.5. The van der Waals surface area contributed by atoms with Crippen molar-refractivity contribution in [2.45, 2.75) is 19.8 Å². The molecule has 0 saturated carbocycles. The van der Waals surface area contributed by atoms with Gasteiger partial charge in [0.05, 0.1) is 28.3 Å². The minimum Gasteiger partial charge on any atom is -0.360 e. The maximum Gasteiger partial charge on any atom is 0.254 e. The van der Waals surface area contributed by atoms with E-state index in [0.29, 0.717) is 44.7 Å². The minimum atomic E-state index is -0.651. The molecule has 0 unspecified atom stereocenters. The van der Waals surface area contributed by atoms with Crippen LogP contribution in [0, 0.1) is 18.3 Å². The Kier molecular flexibility index (Phi) is 7.28. The smallest absolute Gasteiger partial charge is 0.254 e. The van der Waals surface area contributed by atoms with E-state index in [1.165, 1.54) is 11.8 Å². The molecule has 3 heterocycles. The highest BCUT2D eigenvalue weighted by Gasteiger charge is 2.35. The predicted molar refractivity (Wildman–Crippen MR) is 133 cm³/mol. The summed E-state index contributed by atoms with van der Waals surface area (Å²) in [6.45, 7) is 3.50. The van der Waals surface area contributed by atoms with E-state index < -0.39 is 5.92 Å². The van der Waals surface area contributed by atoms with Crippen molar-refractivity contribution in [2.24, 2.45) is 0 Å². The van der Waals surface area contributed by atoms with Crippen LogP contribution in [0.15, 0.2) is 87.3 Å². The van der Waals surface area contributed by atoms with Crippen LogP contribution in [0.1, 0.15) is 24.2 Å². The number of nitrogens with zero attached hydrogens (tertiary/aromatic N) is 3. The fourth-order valence-corrected chi connectivity index (χ4v) is 4.56. The molecule has 0 radical (unpaired) electrons. The van der Waals surface area contributed by atoms with Gasteiger partial charge in [0.1, 0.15) is 5.76 Å². The lowest BCUT2D eigenvalue weighted by atomic mass is 9.83. The van der Waals surface area contributed by atoms with Crippen molar-refractivity contribution < 1.29 is 14.1 Å². The van der Waals surface area contributed by atoms with Crippen molar-refractivity contribution in [3.8, 4) is 6.07 Å². The number of para-hydroxylation sites is 1. The Hall–Kier alpha value is -4.36. The molecule has 1 atom stereocenters. The topological polar surface area (TPSA) is 133 Å². The molecule has 3 N–H and O–H groups in total. The largest absolute Gasteiger partial charge is 0.360 e. The number of thioether (sulfide) groups is 1. The molecular formula is C25H22N6O3S. The molecule has 2 amide bonds. The Morgan fingerprint density at radius 1 is 1.17 bits per heavy atom. The summed E-state index contributed by atoms with van der Waals surface area (Å²) in [6.07, 6.45) is 3.27. The molecule has 0 aliphatic carbocycles. The first-order valence-electron chi connectivity index (χ1n) is 10.7. The van der Waals surface area contributed by atoms with Crippen LogP contribution in [0.5, 0.6) is 0 Å². The fourth-order valence-electron chi connectivity index (χ4n) is 3.67. The third-order valence-corrected chi connectivity index (χ3v) is 6.20. The third kappa shape index (κ3) is 5.59. The molecule has 176 valence electrons. The normalized spacial score (nSPS) is 15.3. The van der Waals surface area contributed by atoms with Crippen LogP contribution in [-0.2, 0) is 9.59 Å². The summed E-state index contributed by atoms with van der Waals surface area (Å²) in [5.41, 5.74) is 2.66. The van der Waals surface area contributed by atoms with Gasteiger partial charge >= 0.3 is 0 Å². The number of carbonyl (C=O) groups is 2. The average molecular weight is 487 g/mol. The fraction of sp³-hybridized carbons (Fsp3) is 0.160. The van der Waals surface area contributed by atoms with Gasteiger partial charge < -0.3 is 20.5 Å². The standard InChI is InChI=1S/C25H22N6O3S/c1-15-11-20(31-34-15)30-21(32)14-35-25-19(12-26)23(17-7-6-10-27-13-17)22(16(2)28-25)24(33)29-18-8-4-3-5-9-18/h3-11,13,23,28H,14H2,1-2H3,(H,29,33)(H,30,31,32)/t23-/m0/s1. The van der Waals surface area contributed by atoms with Crippen molar-refractivity contribution in [2.75, 3.05) is 16.4 Å². The van der Waals surface area contributed by atoms with Crippen molar-refractivity contribution in [3.63, 3.8) is 0 Å². The number of pyridine rings is 1. The third-order valence-electron chi connectivity index (χ3n) is 5.18. The minimum absolute atomic E-state index is 0.0258. The van der Waals surface area contributed by atoms with Crippen molar-refractivity contribution in [1.29, 1.82) is 5.26 Å². The van der Waals surface area contributed by atoms with Gasteiger partial charge in [-0.15, -0.1) is 0 Å². The molecule has 3 aromatic rings. The maximum atomic E-state index is 13.4. The number of carbonyl (C=O) groups excluding carboxylic acids is 2. The molecule has 0 fully saturated rings. The highest BCUT2D eigenvalue weighted by molar-refractivity contribution is 8.03. The molecule has 0 bridgehead atoms. The molecule has 2 aromatic heterocycles. The van der Waals surface area contributed by atoms with Gasteiger partial charge in [-0.25, -0.2) is 0 Å². The van der Waals surface area contributed by atoms with E-state index in [9.17, 15) is 14.9 Å². The Morgan fingerprint density at radius 3 is 2.63 bits per heavy atom. The van der Waals surface area contributed by atoms with Crippen LogP contribution in [0.4, 0.5) is 11.5 Å². The molecule has 0 spiro atoms. The van der Waals surface area contributed by atoms with E-state index in [2.05, 4.69) is 32.2 Å². The van der Waals surface area contributed by atoms with Crippen LogP contribution in [0.2, 0.25) is 0 Å². The van der Waals surface area contributed by atoms with E-state index in [1.807, 2.05) is 24.3 Å². The van der Waals surface area contributed by atoms with Gasteiger partial charge in [-0.3, -0.25) is 14.6 Å². The Bertz CT molecular complexity index is 1340. The van der Waals surface area contributed by atoms with Gasteiger partial charge in [0, 0.05) is 35.4 Å². The number of nitriles is 1. The van der Waals surface area contributed by atoms with E-state index in [1.54, 1.807) is 50.5 Å². The number of aryl methyl sites for hydroxylation is 1. The zero-order valence-corrected chi connectivity index (χ0v) is 19.8. The lowest BCUT2D eigenvalue weighted by molar-refractivity contribution is -0.114. The van der Waals surface area contributed by atoms with Crippen LogP contribution in [0.25, 0.3) is 0 Å². The average Bonchev–Trinajstić information content (AvgIpc) is 3.27. The van der Waals surface area contributed by atoms with Crippen LogP contribution in [0.3, 0.4) is 0 Å². The predicted octanol–water partition coefficient (Wildman–Crippen LogP) is 4.08. The van der Waals surface area contributed by atoms with E-state index in [0.717, 1.165) is 0 Å². The number of amides is 2. The number of allylic oxidation sites excluding steroid dienone is 2. The SMILES string of the molecule is CC1=C(C(=O)Nc2ccccc2)[C@@H](c2cccnc2)C(C#N)=C(SCC(=O)Nc2cc(C)on2)N1. The monoisotopic (exact) mass is 486 g/mol. The highest BCUT2D eigenvalue weighted by atomic mass is 32.2. The summed E-state index contributed by atoms with van der Waals surface area (Å²) >= 11 is 1.17. The van der Waals surface area contributed by atoms with Gasteiger partial charge in [-0.2, -0.15) is 5.26 Å². The zero-order chi connectivity index (χ0) is 24.8. The molecule has 0 saturated heterocycles. The first-order chi connectivity index (χ1) is 17.0. The maximum absolute atomic E-state index is 13.4. The van der Waals surface area contributed by atoms with Gasteiger partial charge in [0.15, 0.2) is 5.82 Å². The van der Waals surface area contributed by atoms with Gasteiger partial charge in [-0.1, -0.05) is 41.2 Å². The van der Waals surface area contributed by atoms with Gasteiger partial charge in [0.25, 0.3) is 5.91 Å². The number of hydrogen-bond donors (Lipinski definition) is 3. The molecule has 1 aromatic carbocycles. The lowest BCUT2D eigenvalue weighted by Crippen LogP contribution is -2.31. The summed E-state index contributed by atoms with van der Waals surface area (Å²) in [5, 5.41) is 23.1. The molecular weight excluding hydrogens is 464 g/mol.